The number of anilines is 1. The number of nitrogens with zero attached hydrogens (tertiary/aromatic N) is 3. The molecule has 2 aromatic carbocycles. The molecule has 1 saturated heterocycles. The molecule has 0 saturated carbocycles. The second-order valence-corrected chi connectivity index (χ2v) is 8.49. The number of hydrogen-bond acceptors (Lipinski definition) is 7. The molecule has 1 amide bonds. The molecular weight excluding hydrogens is 432 g/mol. The minimum absolute atomic E-state index is 0.0328. The third-order valence-electron chi connectivity index (χ3n) is 6.16. The van der Waals surface area contributed by atoms with E-state index in [1.54, 1.807) is 11.9 Å². The van der Waals surface area contributed by atoms with Gasteiger partial charge in [0.05, 0.1) is 31.5 Å². The zero-order valence-corrected chi connectivity index (χ0v) is 19.8. The molecule has 180 valence electrons. The van der Waals surface area contributed by atoms with Crippen molar-refractivity contribution in [2.75, 3.05) is 44.5 Å². The molecule has 0 bridgehead atoms. The van der Waals surface area contributed by atoms with E-state index in [9.17, 15) is 9.59 Å². The maximum atomic E-state index is 13.4. The van der Waals surface area contributed by atoms with E-state index in [0.717, 1.165) is 24.3 Å². The van der Waals surface area contributed by atoms with Gasteiger partial charge in [0.15, 0.2) is 0 Å². The number of carbonyl (C=O) groups excluding carboxylic acids is 2. The molecule has 2 aliphatic heterocycles. The first-order chi connectivity index (χ1) is 16.6. The molecule has 2 atom stereocenters. The summed E-state index contributed by atoms with van der Waals surface area (Å²) in [5.41, 5.74) is 3.36. The van der Waals surface area contributed by atoms with E-state index < -0.39 is 12.0 Å². The van der Waals surface area contributed by atoms with Crippen molar-refractivity contribution in [2.45, 2.75) is 32.4 Å². The van der Waals surface area contributed by atoms with E-state index in [1.807, 2.05) is 30.3 Å². The van der Waals surface area contributed by atoms with Gasteiger partial charge in [0.2, 0.25) is 5.91 Å². The zero-order chi connectivity index (χ0) is 23.9. The molecule has 2 aromatic rings. The van der Waals surface area contributed by atoms with Crippen LogP contribution in [0, 0.1) is 6.92 Å². The zero-order valence-electron chi connectivity index (χ0n) is 19.8. The standard InChI is InChI=1S/C26H32N4O4/c1-3-34-26(32)22-17-23(30(28-22)21-7-5-4-6-8-21)25(31)27-18-24(29-13-15-33-16-14-29)20-11-9-19(2)10-12-20/h4-12,23-24H,3,13-18H2,1-2H3,(H,27,31). The number of para-hydroxylation sites is 1. The molecule has 2 aliphatic rings. The van der Waals surface area contributed by atoms with Gasteiger partial charge in [0.1, 0.15) is 11.8 Å². The first-order valence-electron chi connectivity index (χ1n) is 11.8. The highest BCUT2D eigenvalue weighted by molar-refractivity contribution is 6.38. The third-order valence-corrected chi connectivity index (χ3v) is 6.16. The fourth-order valence-electron chi connectivity index (χ4n) is 4.32. The molecule has 8 nitrogen and oxygen atoms in total. The number of amides is 1. The number of hydrogen-bond donors (Lipinski definition) is 1. The largest absolute Gasteiger partial charge is 0.461 e. The van der Waals surface area contributed by atoms with Gasteiger partial charge in [0, 0.05) is 26.1 Å². The number of hydrazone groups is 1. The van der Waals surface area contributed by atoms with Crippen molar-refractivity contribution in [1.29, 1.82) is 0 Å². The van der Waals surface area contributed by atoms with Gasteiger partial charge in [-0.3, -0.25) is 14.7 Å². The van der Waals surface area contributed by atoms with E-state index in [2.05, 4.69) is 46.5 Å². The van der Waals surface area contributed by atoms with Gasteiger partial charge in [0.25, 0.3) is 0 Å². The van der Waals surface area contributed by atoms with Gasteiger partial charge in [-0.1, -0.05) is 48.0 Å². The Morgan fingerprint density at radius 1 is 1.12 bits per heavy atom. The van der Waals surface area contributed by atoms with Crippen molar-refractivity contribution < 1.29 is 19.1 Å². The molecule has 1 N–H and O–H groups in total. The lowest BCUT2D eigenvalue weighted by Gasteiger charge is -2.35. The number of rotatable bonds is 8. The lowest BCUT2D eigenvalue weighted by atomic mass is 10.0. The van der Waals surface area contributed by atoms with E-state index in [4.69, 9.17) is 9.47 Å². The normalized spacial score (nSPS) is 19.4. The number of carbonyl (C=O) groups is 2. The third kappa shape index (κ3) is 5.63. The van der Waals surface area contributed by atoms with Crippen LogP contribution >= 0.6 is 0 Å². The first-order valence-corrected chi connectivity index (χ1v) is 11.8. The fourth-order valence-corrected chi connectivity index (χ4v) is 4.32. The Morgan fingerprint density at radius 3 is 2.50 bits per heavy atom. The van der Waals surface area contributed by atoms with E-state index in [-0.39, 0.29) is 30.7 Å². The summed E-state index contributed by atoms with van der Waals surface area (Å²) in [4.78, 5) is 28.1. The van der Waals surface area contributed by atoms with Gasteiger partial charge < -0.3 is 14.8 Å². The number of morpholine rings is 1. The van der Waals surface area contributed by atoms with Crippen molar-refractivity contribution in [3.63, 3.8) is 0 Å². The Kier molecular flexibility index (Phi) is 7.92. The van der Waals surface area contributed by atoms with Crippen molar-refractivity contribution in [3.05, 3.63) is 65.7 Å². The van der Waals surface area contributed by atoms with Crippen LogP contribution in [0.5, 0.6) is 0 Å². The average molecular weight is 465 g/mol. The topological polar surface area (TPSA) is 83.5 Å². The van der Waals surface area contributed by atoms with Gasteiger partial charge in [-0.25, -0.2) is 4.79 Å². The van der Waals surface area contributed by atoms with Gasteiger partial charge in [-0.15, -0.1) is 0 Å². The number of ether oxygens (including phenoxy) is 2. The van der Waals surface area contributed by atoms with Crippen LogP contribution in [0.15, 0.2) is 59.7 Å². The molecule has 0 spiro atoms. The van der Waals surface area contributed by atoms with Crippen LogP contribution in [0.25, 0.3) is 0 Å². The summed E-state index contributed by atoms with van der Waals surface area (Å²) < 4.78 is 10.7. The van der Waals surface area contributed by atoms with Crippen LogP contribution in [0.1, 0.15) is 30.5 Å². The minimum atomic E-state index is -0.620. The molecule has 0 radical (unpaired) electrons. The lowest BCUT2D eigenvalue weighted by molar-refractivity contribution is -0.135. The summed E-state index contributed by atoms with van der Waals surface area (Å²) in [6.45, 7) is 7.51. The number of benzene rings is 2. The molecule has 2 heterocycles. The quantitative estimate of drug-likeness (QED) is 0.605. The number of nitrogens with one attached hydrogen (secondary N) is 1. The molecule has 0 aromatic heterocycles. The molecule has 8 heteroatoms. The monoisotopic (exact) mass is 464 g/mol. The Hall–Kier alpha value is -3.23. The summed E-state index contributed by atoms with van der Waals surface area (Å²) in [7, 11) is 0. The molecule has 4 rings (SSSR count). The van der Waals surface area contributed by atoms with Crippen molar-refractivity contribution in [3.8, 4) is 0 Å². The van der Waals surface area contributed by atoms with Crippen LogP contribution < -0.4 is 10.3 Å². The summed E-state index contributed by atoms with van der Waals surface area (Å²) in [5.74, 6) is -0.651. The predicted octanol–water partition coefficient (Wildman–Crippen LogP) is 2.68. The Balaban J connectivity index is 1.50. The molecule has 2 unspecified atom stereocenters. The van der Waals surface area contributed by atoms with Crippen LogP contribution in [-0.2, 0) is 19.1 Å². The van der Waals surface area contributed by atoms with E-state index >= 15 is 0 Å². The Labute approximate surface area is 200 Å². The number of aryl methyl sites for hydroxylation is 1. The fraction of sp³-hybridized carbons (Fsp3) is 0.423. The van der Waals surface area contributed by atoms with Gasteiger partial charge in [-0.2, -0.15) is 5.10 Å². The summed E-state index contributed by atoms with van der Waals surface area (Å²) in [5, 5.41) is 9.21. The second kappa shape index (κ2) is 11.3. The van der Waals surface area contributed by atoms with Crippen LogP contribution in [0.4, 0.5) is 5.69 Å². The van der Waals surface area contributed by atoms with Crippen molar-refractivity contribution in [1.82, 2.24) is 10.2 Å². The first kappa shape index (κ1) is 23.9. The maximum absolute atomic E-state index is 13.4. The minimum Gasteiger partial charge on any atom is -0.461 e. The summed E-state index contributed by atoms with van der Waals surface area (Å²) in [6.07, 6.45) is 0.201. The highest BCUT2D eigenvalue weighted by atomic mass is 16.5. The van der Waals surface area contributed by atoms with Crippen molar-refractivity contribution in [2.24, 2.45) is 5.10 Å². The second-order valence-electron chi connectivity index (χ2n) is 8.49. The van der Waals surface area contributed by atoms with Crippen molar-refractivity contribution >= 4 is 23.3 Å². The smallest absolute Gasteiger partial charge is 0.354 e. The molecule has 1 fully saturated rings. The molecule has 0 aliphatic carbocycles. The SMILES string of the molecule is CCOC(=O)C1=NN(c2ccccc2)C(C(=O)NCC(c2ccc(C)cc2)N2CCOCC2)C1. The van der Waals surface area contributed by atoms with E-state index in [1.165, 1.54) is 5.56 Å². The van der Waals surface area contributed by atoms with Gasteiger partial charge >= 0.3 is 5.97 Å². The molecular formula is C26H32N4O4. The van der Waals surface area contributed by atoms with E-state index in [0.29, 0.717) is 19.8 Å². The lowest BCUT2D eigenvalue weighted by Crippen LogP contribution is -2.48. The van der Waals surface area contributed by atoms with Crippen LogP contribution in [-0.4, -0.2) is 68.0 Å². The van der Waals surface area contributed by atoms with Crippen LogP contribution in [0.3, 0.4) is 0 Å². The molecule has 34 heavy (non-hydrogen) atoms. The number of esters is 1. The van der Waals surface area contributed by atoms with Crippen LogP contribution in [0.2, 0.25) is 0 Å². The Morgan fingerprint density at radius 2 is 1.82 bits per heavy atom. The summed E-state index contributed by atoms with van der Waals surface area (Å²) >= 11 is 0. The predicted molar refractivity (Wildman–Crippen MR) is 131 cm³/mol. The maximum Gasteiger partial charge on any atom is 0.354 e. The highest BCUT2D eigenvalue weighted by Crippen LogP contribution is 2.26. The Bertz CT molecular complexity index is 1000. The summed E-state index contributed by atoms with van der Waals surface area (Å²) in [6, 6.07) is 17.3. The highest BCUT2D eigenvalue weighted by Gasteiger charge is 2.37. The van der Waals surface area contributed by atoms with Gasteiger partial charge in [-0.05, 0) is 31.5 Å². The average Bonchev–Trinajstić information content (AvgIpc) is 3.32.